The summed E-state index contributed by atoms with van der Waals surface area (Å²) in [7, 11) is 2.06. The Morgan fingerprint density at radius 3 is 2.88 bits per heavy atom. The minimum atomic E-state index is 0.670. The van der Waals surface area contributed by atoms with E-state index in [9.17, 15) is 0 Å². The highest BCUT2D eigenvalue weighted by Crippen LogP contribution is 2.13. The van der Waals surface area contributed by atoms with Crippen molar-refractivity contribution in [2.45, 2.75) is 26.7 Å². The normalized spacial score (nSPS) is 10.1. The van der Waals surface area contributed by atoms with Crippen LogP contribution in [0.4, 0.5) is 11.8 Å². The molecule has 0 saturated carbocycles. The Hall–Kier alpha value is -1.58. The molecule has 0 atom stereocenters. The van der Waals surface area contributed by atoms with E-state index in [1.165, 1.54) is 12.8 Å². The molecule has 0 radical (unpaired) electrons. The fourth-order valence-corrected chi connectivity index (χ4v) is 1.50. The van der Waals surface area contributed by atoms with E-state index in [0.29, 0.717) is 12.5 Å². The lowest BCUT2D eigenvalue weighted by Crippen LogP contribution is -2.20. The first-order chi connectivity index (χ1) is 8.17. The molecule has 0 unspecified atom stereocenters. The van der Waals surface area contributed by atoms with E-state index in [-0.39, 0.29) is 0 Å². The second-order valence-corrected chi connectivity index (χ2v) is 4.14. The second kappa shape index (κ2) is 6.89. The van der Waals surface area contributed by atoms with E-state index >= 15 is 0 Å². The van der Waals surface area contributed by atoms with Crippen LogP contribution in [0.1, 0.15) is 25.5 Å². The monoisotopic (exact) mass is 234 g/mol. The first-order valence-corrected chi connectivity index (χ1v) is 6.09. The number of hydrogen-bond donors (Lipinski definition) is 1. The SMILES string of the molecule is C=CCNc1nc(C)cc(N(C)CCCC)n1. The molecule has 0 spiro atoms. The van der Waals surface area contributed by atoms with Crippen LogP contribution in [0.2, 0.25) is 0 Å². The number of nitrogens with zero attached hydrogens (tertiary/aromatic N) is 3. The van der Waals surface area contributed by atoms with Crippen LogP contribution in [-0.4, -0.2) is 30.1 Å². The Labute approximate surface area is 104 Å². The van der Waals surface area contributed by atoms with E-state index in [2.05, 4.69) is 40.7 Å². The lowest BCUT2D eigenvalue weighted by atomic mass is 10.3. The molecule has 0 aliphatic rings. The topological polar surface area (TPSA) is 41.1 Å². The van der Waals surface area contributed by atoms with Crippen molar-refractivity contribution in [3.63, 3.8) is 0 Å². The number of nitrogens with one attached hydrogen (secondary N) is 1. The summed E-state index contributed by atoms with van der Waals surface area (Å²) in [4.78, 5) is 11.0. The van der Waals surface area contributed by atoms with Gasteiger partial charge in [0.1, 0.15) is 5.82 Å². The Balaban J connectivity index is 2.76. The zero-order chi connectivity index (χ0) is 12.7. The maximum atomic E-state index is 4.48. The van der Waals surface area contributed by atoms with Gasteiger partial charge in [-0.1, -0.05) is 19.4 Å². The van der Waals surface area contributed by atoms with Gasteiger partial charge in [-0.05, 0) is 13.3 Å². The maximum Gasteiger partial charge on any atom is 0.225 e. The molecule has 1 rings (SSSR count). The fourth-order valence-electron chi connectivity index (χ4n) is 1.50. The van der Waals surface area contributed by atoms with Gasteiger partial charge in [-0.2, -0.15) is 4.98 Å². The van der Waals surface area contributed by atoms with Gasteiger partial charge in [0, 0.05) is 31.9 Å². The predicted octanol–water partition coefficient (Wildman–Crippen LogP) is 2.62. The number of unbranched alkanes of at least 4 members (excludes halogenated alkanes) is 1. The molecule has 17 heavy (non-hydrogen) atoms. The van der Waals surface area contributed by atoms with Crippen LogP contribution in [0.5, 0.6) is 0 Å². The summed E-state index contributed by atoms with van der Waals surface area (Å²) in [5.41, 5.74) is 0.977. The number of anilines is 2. The highest BCUT2D eigenvalue weighted by atomic mass is 15.2. The van der Waals surface area contributed by atoms with Crippen LogP contribution >= 0.6 is 0 Å². The van der Waals surface area contributed by atoms with Crippen LogP contribution in [-0.2, 0) is 0 Å². The van der Waals surface area contributed by atoms with Gasteiger partial charge in [0.2, 0.25) is 5.95 Å². The average molecular weight is 234 g/mol. The molecule has 0 bridgehead atoms. The number of aromatic nitrogens is 2. The predicted molar refractivity (Wildman–Crippen MR) is 73.6 cm³/mol. The van der Waals surface area contributed by atoms with Crippen molar-refractivity contribution in [1.82, 2.24) is 9.97 Å². The molecule has 0 saturated heterocycles. The molecule has 0 amide bonds. The van der Waals surface area contributed by atoms with Crippen molar-refractivity contribution >= 4 is 11.8 Å². The van der Waals surface area contributed by atoms with Crippen molar-refractivity contribution < 1.29 is 0 Å². The molecule has 0 fully saturated rings. The number of rotatable bonds is 7. The van der Waals surface area contributed by atoms with Crippen LogP contribution in [0.25, 0.3) is 0 Å². The highest BCUT2D eigenvalue weighted by molar-refractivity contribution is 5.44. The Morgan fingerprint density at radius 2 is 2.24 bits per heavy atom. The molecular weight excluding hydrogens is 212 g/mol. The summed E-state index contributed by atoms with van der Waals surface area (Å²) >= 11 is 0. The number of hydrogen-bond acceptors (Lipinski definition) is 4. The third kappa shape index (κ3) is 4.43. The van der Waals surface area contributed by atoms with Gasteiger partial charge in [0.05, 0.1) is 0 Å². The molecule has 1 heterocycles. The largest absolute Gasteiger partial charge is 0.360 e. The van der Waals surface area contributed by atoms with Crippen molar-refractivity contribution in [2.75, 3.05) is 30.4 Å². The van der Waals surface area contributed by atoms with Gasteiger partial charge in [0.25, 0.3) is 0 Å². The zero-order valence-electron chi connectivity index (χ0n) is 11.0. The summed E-state index contributed by atoms with van der Waals surface area (Å²) in [6, 6.07) is 2.01. The third-order valence-electron chi connectivity index (χ3n) is 2.48. The molecule has 94 valence electrons. The van der Waals surface area contributed by atoms with Crippen LogP contribution < -0.4 is 10.2 Å². The molecule has 1 aromatic rings. The lowest BCUT2D eigenvalue weighted by Gasteiger charge is -2.18. The molecular formula is C13H22N4. The Kier molecular flexibility index (Phi) is 5.46. The molecule has 1 aromatic heterocycles. The standard InChI is InChI=1S/C13H22N4/c1-5-7-9-17(4)12-10-11(3)15-13(16-12)14-8-6-2/h6,10H,2,5,7-9H2,1,3-4H3,(H,14,15,16). The second-order valence-electron chi connectivity index (χ2n) is 4.14. The van der Waals surface area contributed by atoms with Gasteiger partial charge in [-0.3, -0.25) is 0 Å². The number of aryl methyl sites for hydroxylation is 1. The summed E-state index contributed by atoms with van der Waals surface area (Å²) in [5.74, 6) is 1.64. The van der Waals surface area contributed by atoms with Crippen LogP contribution in [0.15, 0.2) is 18.7 Å². The molecule has 1 N–H and O–H groups in total. The van der Waals surface area contributed by atoms with Crippen molar-refractivity contribution in [2.24, 2.45) is 0 Å². The van der Waals surface area contributed by atoms with E-state index in [0.717, 1.165) is 18.1 Å². The van der Waals surface area contributed by atoms with Crippen molar-refractivity contribution in [3.05, 3.63) is 24.4 Å². The van der Waals surface area contributed by atoms with Gasteiger partial charge >= 0.3 is 0 Å². The minimum absolute atomic E-state index is 0.670. The zero-order valence-corrected chi connectivity index (χ0v) is 11.0. The van der Waals surface area contributed by atoms with E-state index < -0.39 is 0 Å². The summed E-state index contributed by atoms with van der Waals surface area (Å²) in [6.45, 7) is 9.55. The van der Waals surface area contributed by atoms with Gasteiger partial charge < -0.3 is 10.2 Å². The lowest BCUT2D eigenvalue weighted by molar-refractivity contribution is 0.758. The quantitative estimate of drug-likeness (QED) is 0.736. The van der Waals surface area contributed by atoms with Gasteiger partial charge in [0.15, 0.2) is 0 Å². The molecule has 4 heteroatoms. The minimum Gasteiger partial charge on any atom is -0.360 e. The molecule has 0 aromatic carbocycles. The van der Waals surface area contributed by atoms with Crippen LogP contribution in [0.3, 0.4) is 0 Å². The van der Waals surface area contributed by atoms with E-state index in [4.69, 9.17) is 0 Å². The molecule has 4 nitrogen and oxygen atoms in total. The Morgan fingerprint density at radius 1 is 1.47 bits per heavy atom. The maximum absolute atomic E-state index is 4.48. The summed E-state index contributed by atoms with van der Waals surface area (Å²) < 4.78 is 0. The Bertz CT molecular complexity index is 362. The smallest absolute Gasteiger partial charge is 0.225 e. The van der Waals surface area contributed by atoms with Gasteiger partial charge in [-0.15, -0.1) is 6.58 Å². The van der Waals surface area contributed by atoms with Gasteiger partial charge in [-0.25, -0.2) is 4.98 Å². The first kappa shape index (κ1) is 13.5. The molecule has 0 aliphatic heterocycles. The molecule has 0 aliphatic carbocycles. The average Bonchev–Trinajstić information content (AvgIpc) is 2.32. The third-order valence-corrected chi connectivity index (χ3v) is 2.48. The first-order valence-electron chi connectivity index (χ1n) is 6.09. The van der Waals surface area contributed by atoms with Crippen molar-refractivity contribution in [3.8, 4) is 0 Å². The summed E-state index contributed by atoms with van der Waals surface area (Å²) in [5, 5.41) is 3.12. The fraction of sp³-hybridized carbons (Fsp3) is 0.538. The van der Waals surface area contributed by atoms with Crippen LogP contribution in [0, 0.1) is 6.92 Å². The van der Waals surface area contributed by atoms with Crippen molar-refractivity contribution in [1.29, 1.82) is 0 Å². The summed E-state index contributed by atoms with van der Waals surface area (Å²) in [6.07, 6.45) is 4.16. The van der Waals surface area contributed by atoms with E-state index in [1.54, 1.807) is 6.08 Å². The van der Waals surface area contributed by atoms with E-state index in [1.807, 2.05) is 13.0 Å². The highest BCUT2D eigenvalue weighted by Gasteiger charge is 2.05.